The lowest BCUT2D eigenvalue weighted by molar-refractivity contribution is -0.126. The van der Waals surface area contributed by atoms with E-state index in [1.807, 2.05) is 30.3 Å². The van der Waals surface area contributed by atoms with E-state index in [1.54, 1.807) is 0 Å². The molecule has 6 heteroatoms. The summed E-state index contributed by atoms with van der Waals surface area (Å²) in [6.07, 6.45) is 0. The number of rotatable bonds is 6. The second-order valence-electron chi connectivity index (χ2n) is 4.41. The zero-order valence-corrected chi connectivity index (χ0v) is 12.2. The van der Waals surface area contributed by atoms with Gasteiger partial charge in [-0.25, -0.2) is 0 Å². The van der Waals surface area contributed by atoms with Crippen molar-refractivity contribution < 1.29 is 14.3 Å². The number of halogens is 1. The molecule has 2 rings (SSSR count). The van der Waals surface area contributed by atoms with Crippen LogP contribution >= 0.6 is 12.4 Å². The van der Waals surface area contributed by atoms with Gasteiger partial charge >= 0.3 is 0 Å². The molecule has 1 aliphatic rings. The number of ether oxygens (including phenoxy) is 2. The fourth-order valence-electron chi connectivity index (χ4n) is 1.87. The van der Waals surface area contributed by atoms with Crippen LogP contribution in [0.3, 0.4) is 0 Å². The molecule has 1 aromatic rings. The van der Waals surface area contributed by atoms with Crippen molar-refractivity contribution in [2.75, 3.05) is 32.9 Å². The van der Waals surface area contributed by atoms with Gasteiger partial charge in [0.2, 0.25) is 5.91 Å². The minimum Gasteiger partial charge on any atom is -0.378 e. The van der Waals surface area contributed by atoms with Crippen molar-refractivity contribution in [3.63, 3.8) is 0 Å². The molecule has 0 aliphatic carbocycles. The number of hydrogen-bond acceptors (Lipinski definition) is 4. The Kier molecular flexibility index (Phi) is 8.22. The molecule has 0 aromatic heterocycles. The van der Waals surface area contributed by atoms with Crippen LogP contribution in [0.5, 0.6) is 0 Å². The Morgan fingerprint density at radius 1 is 1.40 bits per heavy atom. The topological polar surface area (TPSA) is 59.6 Å². The highest BCUT2D eigenvalue weighted by atomic mass is 35.5. The highest BCUT2D eigenvalue weighted by molar-refractivity contribution is 5.85. The molecule has 1 unspecified atom stereocenters. The number of nitrogens with one attached hydrogen (secondary N) is 2. The first-order valence-corrected chi connectivity index (χ1v) is 6.57. The van der Waals surface area contributed by atoms with Gasteiger partial charge in [-0.15, -0.1) is 12.4 Å². The van der Waals surface area contributed by atoms with Gasteiger partial charge in [0.25, 0.3) is 0 Å². The summed E-state index contributed by atoms with van der Waals surface area (Å²) in [4.78, 5) is 11.7. The molecule has 1 aliphatic heterocycles. The molecule has 1 fully saturated rings. The average Bonchev–Trinajstić information content (AvgIpc) is 2.49. The van der Waals surface area contributed by atoms with Crippen LogP contribution in [-0.4, -0.2) is 44.9 Å². The zero-order valence-electron chi connectivity index (χ0n) is 11.3. The average molecular weight is 301 g/mol. The van der Waals surface area contributed by atoms with Gasteiger partial charge in [0.05, 0.1) is 26.4 Å². The van der Waals surface area contributed by atoms with Crippen LogP contribution in [0.2, 0.25) is 0 Å². The quantitative estimate of drug-likeness (QED) is 0.761. The molecule has 1 atom stereocenters. The second-order valence-corrected chi connectivity index (χ2v) is 4.41. The summed E-state index contributed by atoms with van der Waals surface area (Å²) in [5, 5.41) is 5.94. The Morgan fingerprint density at radius 2 is 2.20 bits per heavy atom. The van der Waals surface area contributed by atoms with E-state index in [2.05, 4.69) is 10.6 Å². The summed E-state index contributed by atoms with van der Waals surface area (Å²) >= 11 is 0. The van der Waals surface area contributed by atoms with E-state index in [0.29, 0.717) is 33.0 Å². The lowest BCUT2D eigenvalue weighted by Crippen LogP contribution is -2.51. The maximum absolute atomic E-state index is 11.7. The molecule has 0 saturated carbocycles. The molecule has 5 nitrogen and oxygen atoms in total. The molecular formula is C14H21ClN2O3. The van der Waals surface area contributed by atoms with Gasteiger partial charge in [0, 0.05) is 13.1 Å². The van der Waals surface area contributed by atoms with E-state index in [-0.39, 0.29) is 24.4 Å². The van der Waals surface area contributed by atoms with Gasteiger partial charge in [-0.2, -0.15) is 0 Å². The van der Waals surface area contributed by atoms with E-state index >= 15 is 0 Å². The van der Waals surface area contributed by atoms with E-state index in [4.69, 9.17) is 9.47 Å². The van der Waals surface area contributed by atoms with Crippen LogP contribution in [0.25, 0.3) is 0 Å². The summed E-state index contributed by atoms with van der Waals surface area (Å²) < 4.78 is 10.7. The fourth-order valence-corrected chi connectivity index (χ4v) is 1.87. The van der Waals surface area contributed by atoms with Crippen molar-refractivity contribution >= 4 is 18.3 Å². The number of carbonyl (C=O) groups excluding carboxylic acids is 1. The molecular weight excluding hydrogens is 280 g/mol. The van der Waals surface area contributed by atoms with Crippen LogP contribution in [0, 0.1) is 0 Å². The minimum absolute atomic E-state index is 0. The number of benzene rings is 1. The first kappa shape index (κ1) is 16.9. The lowest BCUT2D eigenvalue weighted by atomic mass is 10.2. The maximum Gasteiger partial charge on any atom is 0.239 e. The maximum atomic E-state index is 11.7. The van der Waals surface area contributed by atoms with Gasteiger partial charge < -0.3 is 20.1 Å². The third kappa shape index (κ3) is 5.88. The van der Waals surface area contributed by atoms with Crippen molar-refractivity contribution in [1.82, 2.24) is 10.6 Å². The van der Waals surface area contributed by atoms with Crippen LogP contribution in [-0.2, 0) is 20.9 Å². The molecule has 112 valence electrons. The largest absolute Gasteiger partial charge is 0.378 e. The Bertz CT molecular complexity index is 383. The van der Waals surface area contributed by atoms with Crippen LogP contribution in [0.4, 0.5) is 0 Å². The molecule has 0 bridgehead atoms. The summed E-state index contributed by atoms with van der Waals surface area (Å²) in [6.45, 7) is 3.43. The first-order chi connectivity index (χ1) is 9.36. The number of morpholine rings is 1. The smallest absolute Gasteiger partial charge is 0.239 e. The van der Waals surface area contributed by atoms with E-state index in [0.717, 1.165) is 12.1 Å². The molecule has 0 spiro atoms. The van der Waals surface area contributed by atoms with Crippen molar-refractivity contribution in [3.8, 4) is 0 Å². The predicted octanol–water partition coefficient (Wildman–Crippen LogP) is 0.730. The third-order valence-electron chi connectivity index (χ3n) is 2.90. The van der Waals surface area contributed by atoms with E-state index < -0.39 is 0 Å². The summed E-state index contributed by atoms with van der Waals surface area (Å²) in [5.74, 6) is -0.0250. The fraction of sp³-hybridized carbons (Fsp3) is 0.500. The molecule has 1 aromatic carbocycles. The van der Waals surface area contributed by atoms with Gasteiger partial charge in [-0.05, 0) is 5.56 Å². The summed E-state index contributed by atoms with van der Waals surface area (Å²) in [5.41, 5.74) is 1.14. The van der Waals surface area contributed by atoms with Crippen molar-refractivity contribution in [2.45, 2.75) is 12.6 Å². The Hall–Kier alpha value is -1.14. The lowest BCUT2D eigenvalue weighted by Gasteiger charge is -2.22. The molecule has 0 radical (unpaired) electrons. The number of carbonyl (C=O) groups is 1. The Balaban J connectivity index is 0.00000200. The van der Waals surface area contributed by atoms with Crippen LogP contribution in [0.1, 0.15) is 5.56 Å². The van der Waals surface area contributed by atoms with Crippen molar-refractivity contribution in [2.24, 2.45) is 0 Å². The minimum atomic E-state index is -0.233. The molecule has 1 saturated heterocycles. The second kappa shape index (κ2) is 9.72. The molecule has 1 heterocycles. The first-order valence-electron chi connectivity index (χ1n) is 6.57. The van der Waals surface area contributed by atoms with Gasteiger partial charge in [-0.1, -0.05) is 30.3 Å². The molecule has 20 heavy (non-hydrogen) atoms. The van der Waals surface area contributed by atoms with E-state index in [1.165, 1.54) is 0 Å². The standard InChI is InChI=1S/C14H20N2O3.ClH/c17-14(13-11-19-8-6-15-13)16-7-9-18-10-12-4-2-1-3-5-12;/h1-5,13,15H,6-11H2,(H,16,17);1H. The highest BCUT2D eigenvalue weighted by Gasteiger charge is 2.20. The molecule has 2 N–H and O–H groups in total. The van der Waals surface area contributed by atoms with Gasteiger partial charge in [0.15, 0.2) is 0 Å². The molecule has 1 amide bonds. The Morgan fingerprint density at radius 3 is 2.90 bits per heavy atom. The van der Waals surface area contributed by atoms with Gasteiger partial charge in [-0.3, -0.25) is 4.79 Å². The van der Waals surface area contributed by atoms with E-state index in [9.17, 15) is 4.79 Å². The van der Waals surface area contributed by atoms with Gasteiger partial charge in [0.1, 0.15) is 6.04 Å². The highest BCUT2D eigenvalue weighted by Crippen LogP contribution is 1.99. The SMILES string of the molecule is Cl.O=C(NCCOCc1ccccc1)C1COCCN1. The summed E-state index contributed by atoms with van der Waals surface area (Å²) in [6, 6.07) is 9.74. The normalized spacial score (nSPS) is 18.1. The number of amides is 1. The van der Waals surface area contributed by atoms with Crippen molar-refractivity contribution in [1.29, 1.82) is 0 Å². The van der Waals surface area contributed by atoms with Crippen LogP contribution in [0.15, 0.2) is 30.3 Å². The predicted molar refractivity (Wildman–Crippen MR) is 79.0 cm³/mol. The van der Waals surface area contributed by atoms with Crippen molar-refractivity contribution in [3.05, 3.63) is 35.9 Å². The van der Waals surface area contributed by atoms with Crippen LogP contribution < -0.4 is 10.6 Å². The summed E-state index contributed by atoms with van der Waals surface area (Å²) in [7, 11) is 0. The Labute approximate surface area is 125 Å². The number of hydrogen-bond donors (Lipinski definition) is 2. The third-order valence-corrected chi connectivity index (χ3v) is 2.90. The zero-order chi connectivity index (χ0) is 13.3. The monoisotopic (exact) mass is 300 g/mol.